The second kappa shape index (κ2) is 8.12. The molecule has 0 aliphatic heterocycles. The number of pyridine rings is 2. The molecule has 4 rings (SSSR count). The Balaban J connectivity index is 1.48. The topological polar surface area (TPSA) is 98.7 Å². The molecule has 0 fully saturated rings. The molecule has 7 nitrogen and oxygen atoms in total. The molecule has 0 aliphatic rings. The van der Waals surface area contributed by atoms with Crippen molar-refractivity contribution in [3.63, 3.8) is 0 Å². The smallest absolute Gasteiger partial charge is 0.255 e. The van der Waals surface area contributed by atoms with Gasteiger partial charge in [-0.1, -0.05) is 23.7 Å². The summed E-state index contributed by atoms with van der Waals surface area (Å²) >= 11 is 6.05. The number of fused-ring (bicyclic) bond motifs is 1. The number of nitrogens with one attached hydrogen (secondary N) is 1. The lowest BCUT2D eigenvalue weighted by atomic mass is 10.1. The van der Waals surface area contributed by atoms with Gasteiger partial charge in [-0.3, -0.25) is 14.5 Å². The van der Waals surface area contributed by atoms with E-state index in [0.29, 0.717) is 35.2 Å². The lowest BCUT2D eigenvalue weighted by Gasteiger charge is -2.07. The summed E-state index contributed by atoms with van der Waals surface area (Å²) in [6, 6.07) is 11.5. The van der Waals surface area contributed by atoms with Crippen molar-refractivity contribution in [3.05, 3.63) is 81.9 Å². The average molecular weight is 421 g/mol. The van der Waals surface area contributed by atoms with Crippen LogP contribution >= 0.6 is 11.6 Å². The normalized spacial score (nSPS) is 11.0. The minimum Gasteiger partial charge on any atom is -0.384 e. The summed E-state index contributed by atoms with van der Waals surface area (Å²) in [6.07, 6.45) is 3.40. The first-order chi connectivity index (χ1) is 14.4. The van der Waals surface area contributed by atoms with Crippen molar-refractivity contribution in [2.45, 2.75) is 26.9 Å². The molecule has 152 valence electrons. The summed E-state index contributed by atoms with van der Waals surface area (Å²) in [5, 5.41) is 8.99. The number of hydrogen-bond donors (Lipinski definition) is 2. The number of nitrogens with two attached hydrogens (primary N) is 1. The lowest BCUT2D eigenvalue weighted by Crippen LogP contribution is -2.23. The van der Waals surface area contributed by atoms with Gasteiger partial charge in [-0.05, 0) is 49.2 Å². The van der Waals surface area contributed by atoms with Crippen molar-refractivity contribution in [2.75, 3.05) is 5.73 Å². The maximum absolute atomic E-state index is 12.7. The fraction of sp³-hybridized carbons (Fsp3) is 0.182. The molecule has 0 aliphatic carbocycles. The molecule has 0 radical (unpaired) electrons. The fourth-order valence-corrected chi connectivity index (χ4v) is 3.49. The van der Waals surface area contributed by atoms with Crippen molar-refractivity contribution in [1.82, 2.24) is 25.1 Å². The Morgan fingerprint density at radius 1 is 1.17 bits per heavy atom. The third-order valence-corrected chi connectivity index (χ3v) is 5.11. The van der Waals surface area contributed by atoms with Gasteiger partial charge < -0.3 is 11.1 Å². The third kappa shape index (κ3) is 4.26. The van der Waals surface area contributed by atoms with Crippen molar-refractivity contribution < 1.29 is 4.79 Å². The van der Waals surface area contributed by atoms with Crippen LogP contribution in [-0.4, -0.2) is 25.7 Å². The van der Waals surface area contributed by atoms with Crippen LogP contribution in [-0.2, 0) is 13.1 Å². The monoisotopic (exact) mass is 420 g/mol. The Labute approximate surface area is 178 Å². The zero-order chi connectivity index (χ0) is 21.3. The highest BCUT2D eigenvalue weighted by Gasteiger charge is 2.14. The SMILES string of the molecule is Cc1nc(N)ccc1CNC(=O)c1cn(Cc2ccc3ncc(Cl)cc3c2)nc1C. The minimum absolute atomic E-state index is 0.176. The molecule has 3 aromatic heterocycles. The number of nitrogen functional groups attached to an aromatic ring is 1. The van der Waals surface area contributed by atoms with Crippen LogP contribution in [0.1, 0.15) is 32.9 Å². The number of carbonyl (C=O) groups excluding carboxylic acids is 1. The molecule has 1 amide bonds. The average Bonchev–Trinajstić information content (AvgIpc) is 3.07. The van der Waals surface area contributed by atoms with Gasteiger partial charge in [0.25, 0.3) is 5.91 Å². The van der Waals surface area contributed by atoms with Gasteiger partial charge in [0.05, 0.1) is 28.3 Å². The van der Waals surface area contributed by atoms with Gasteiger partial charge in [-0.15, -0.1) is 0 Å². The first-order valence-corrected chi connectivity index (χ1v) is 9.85. The van der Waals surface area contributed by atoms with Crippen LogP contribution in [0, 0.1) is 13.8 Å². The second-order valence-corrected chi connectivity index (χ2v) is 7.61. The number of hydrogen-bond acceptors (Lipinski definition) is 5. The number of benzene rings is 1. The molecule has 0 spiro atoms. The van der Waals surface area contributed by atoms with Crippen LogP contribution in [0.25, 0.3) is 10.9 Å². The number of carbonyl (C=O) groups is 1. The summed E-state index contributed by atoms with van der Waals surface area (Å²) in [6.45, 7) is 4.61. The maximum atomic E-state index is 12.7. The number of aryl methyl sites for hydroxylation is 2. The maximum Gasteiger partial charge on any atom is 0.255 e. The van der Waals surface area contributed by atoms with Crippen molar-refractivity contribution >= 4 is 34.2 Å². The Morgan fingerprint density at radius 2 is 2.00 bits per heavy atom. The molecule has 3 heterocycles. The summed E-state index contributed by atoms with van der Waals surface area (Å²) in [7, 11) is 0. The molecule has 0 atom stereocenters. The molecule has 8 heteroatoms. The van der Waals surface area contributed by atoms with E-state index in [1.165, 1.54) is 0 Å². The molecule has 0 saturated heterocycles. The van der Waals surface area contributed by atoms with Crippen LogP contribution in [0.4, 0.5) is 5.82 Å². The number of halogens is 1. The van der Waals surface area contributed by atoms with Gasteiger partial charge in [0.15, 0.2) is 0 Å². The van der Waals surface area contributed by atoms with Gasteiger partial charge in [0, 0.05) is 30.0 Å². The number of amides is 1. The molecule has 0 bridgehead atoms. The molecule has 1 aromatic carbocycles. The molecular formula is C22H21ClN6O. The van der Waals surface area contributed by atoms with Crippen molar-refractivity contribution in [1.29, 1.82) is 0 Å². The predicted octanol–water partition coefficient (Wildman–Crippen LogP) is 3.66. The predicted molar refractivity (Wildman–Crippen MR) is 117 cm³/mol. The van der Waals surface area contributed by atoms with Crippen LogP contribution < -0.4 is 11.1 Å². The number of anilines is 1. The van der Waals surface area contributed by atoms with E-state index < -0.39 is 0 Å². The number of rotatable bonds is 5. The second-order valence-electron chi connectivity index (χ2n) is 7.17. The van der Waals surface area contributed by atoms with E-state index in [-0.39, 0.29) is 5.91 Å². The van der Waals surface area contributed by atoms with Crippen LogP contribution in [0.2, 0.25) is 5.02 Å². The first kappa shape index (κ1) is 19.8. The van der Waals surface area contributed by atoms with Gasteiger partial charge in [-0.2, -0.15) is 5.10 Å². The molecular weight excluding hydrogens is 400 g/mol. The van der Waals surface area contributed by atoms with Gasteiger partial charge in [0.1, 0.15) is 5.82 Å². The highest BCUT2D eigenvalue weighted by atomic mass is 35.5. The molecule has 0 unspecified atom stereocenters. The van der Waals surface area contributed by atoms with E-state index in [9.17, 15) is 4.79 Å². The van der Waals surface area contributed by atoms with Gasteiger partial charge >= 0.3 is 0 Å². The van der Waals surface area contributed by atoms with Crippen molar-refractivity contribution in [2.24, 2.45) is 0 Å². The first-order valence-electron chi connectivity index (χ1n) is 9.47. The molecule has 3 N–H and O–H groups in total. The van der Waals surface area contributed by atoms with Crippen LogP contribution in [0.15, 0.2) is 48.8 Å². The summed E-state index contributed by atoms with van der Waals surface area (Å²) in [4.78, 5) is 21.2. The summed E-state index contributed by atoms with van der Waals surface area (Å²) in [5.74, 6) is 0.288. The van der Waals surface area contributed by atoms with E-state index in [0.717, 1.165) is 27.7 Å². The minimum atomic E-state index is -0.176. The Kier molecular flexibility index (Phi) is 5.37. The Bertz CT molecular complexity index is 1250. The quantitative estimate of drug-likeness (QED) is 0.513. The lowest BCUT2D eigenvalue weighted by molar-refractivity contribution is 0.0950. The van der Waals surface area contributed by atoms with Crippen LogP contribution in [0.5, 0.6) is 0 Å². The highest BCUT2D eigenvalue weighted by Crippen LogP contribution is 2.19. The molecule has 4 aromatic rings. The van der Waals surface area contributed by atoms with E-state index in [4.69, 9.17) is 17.3 Å². The van der Waals surface area contributed by atoms with Gasteiger partial charge in [-0.25, -0.2) is 4.98 Å². The third-order valence-electron chi connectivity index (χ3n) is 4.90. The zero-order valence-corrected chi connectivity index (χ0v) is 17.4. The van der Waals surface area contributed by atoms with E-state index in [1.807, 2.05) is 44.2 Å². The number of nitrogens with zero attached hydrogens (tertiary/aromatic N) is 4. The number of aromatic nitrogens is 4. The highest BCUT2D eigenvalue weighted by molar-refractivity contribution is 6.31. The van der Waals surface area contributed by atoms with E-state index in [2.05, 4.69) is 20.4 Å². The van der Waals surface area contributed by atoms with E-state index >= 15 is 0 Å². The van der Waals surface area contributed by atoms with E-state index in [1.54, 1.807) is 23.1 Å². The Hall–Kier alpha value is -3.45. The van der Waals surface area contributed by atoms with Crippen molar-refractivity contribution in [3.8, 4) is 0 Å². The standard InChI is InChI=1S/C22H21ClN6O/c1-13-16(4-6-21(24)27-13)9-26-22(30)19-12-29(28-14(19)2)11-15-3-5-20-17(7-15)8-18(23)10-25-20/h3-8,10,12H,9,11H2,1-2H3,(H2,24,27)(H,26,30). The fourth-order valence-electron chi connectivity index (χ4n) is 3.33. The van der Waals surface area contributed by atoms with Gasteiger partial charge in [0.2, 0.25) is 0 Å². The Morgan fingerprint density at radius 3 is 2.80 bits per heavy atom. The van der Waals surface area contributed by atoms with Crippen LogP contribution in [0.3, 0.4) is 0 Å². The largest absolute Gasteiger partial charge is 0.384 e. The summed E-state index contributed by atoms with van der Waals surface area (Å²) in [5.41, 5.74) is 10.5. The molecule has 30 heavy (non-hydrogen) atoms. The summed E-state index contributed by atoms with van der Waals surface area (Å²) < 4.78 is 1.76. The zero-order valence-electron chi connectivity index (χ0n) is 16.7. The molecule has 0 saturated carbocycles.